The molecule has 19 heavy (non-hydrogen) atoms. The third kappa shape index (κ3) is 3.96. The van der Waals surface area contributed by atoms with E-state index in [0.717, 1.165) is 5.56 Å². The number of ether oxygens (including phenoxy) is 1. The molecule has 2 N–H and O–H groups in total. The summed E-state index contributed by atoms with van der Waals surface area (Å²) in [5.41, 5.74) is 0.649. The van der Waals surface area contributed by atoms with Crippen LogP contribution in [0, 0.1) is 6.92 Å². The number of nitrogens with one attached hydrogen (secondary N) is 1. The molecule has 106 valence electrons. The van der Waals surface area contributed by atoms with Crippen LogP contribution in [0.1, 0.15) is 42.6 Å². The molecule has 0 aliphatic rings. The first-order chi connectivity index (χ1) is 8.95. The van der Waals surface area contributed by atoms with Crippen LogP contribution < -0.4 is 10.1 Å². The van der Waals surface area contributed by atoms with Crippen LogP contribution in [-0.2, 0) is 0 Å². The summed E-state index contributed by atoms with van der Waals surface area (Å²) in [5.74, 6) is 0.320. The Morgan fingerprint density at radius 1 is 1.37 bits per heavy atom. The Morgan fingerprint density at radius 2 is 2.00 bits per heavy atom. The van der Waals surface area contributed by atoms with Gasteiger partial charge in [-0.2, -0.15) is 0 Å². The second kappa shape index (κ2) is 6.57. The van der Waals surface area contributed by atoms with Crippen molar-refractivity contribution in [1.29, 1.82) is 0 Å². The van der Waals surface area contributed by atoms with Crippen LogP contribution in [0.2, 0.25) is 0 Å². The number of amides is 1. The molecule has 1 aromatic carbocycles. The Labute approximate surface area is 114 Å². The quantitative estimate of drug-likeness (QED) is 0.829. The zero-order chi connectivity index (χ0) is 14.5. The zero-order valence-electron chi connectivity index (χ0n) is 12.1. The van der Waals surface area contributed by atoms with Crippen LogP contribution in [0.3, 0.4) is 0 Å². The minimum absolute atomic E-state index is 0.221. The Bertz CT molecular complexity index is 439. The summed E-state index contributed by atoms with van der Waals surface area (Å²) in [6, 6.07) is 5.45. The molecular formula is C15H23NO3. The third-order valence-electron chi connectivity index (χ3n) is 3.49. The minimum atomic E-state index is -0.841. The highest BCUT2D eigenvalue weighted by Gasteiger charge is 2.23. The molecule has 0 unspecified atom stereocenters. The van der Waals surface area contributed by atoms with Gasteiger partial charge >= 0.3 is 0 Å². The van der Waals surface area contributed by atoms with Crippen molar-refractivity contribution in [2.24, 2.45) is 0 Å². The molecule has 0 radical (unpaired) electrons. The average Bonchev–Trinajstić information content (AvgIpc) is 2.44. The van der Waals surface area contributed by atoms with Gasteiger partial charge in [-0.25, -0.2) is 0 Å². The van der Waals surface area contributed by atoms with Gasteiger partial charge in [-0.1, -0.05) is 25.5 Å². The van der Waals surface area contributed by atoms with Crippen LogP contribution in [0.15, 0.2) is 18.2 Å². The van der Waals surface area contributed by atoms with E-state index in [-0.39, 0.29) is 12.5 Å². The van der Waals surface area contributed by atoms with E-state index in [4.69, 9.17) is 4.74 Å². The van der Waals surface area contributed by atoms with Crippen LogP contribution in [0.25, 0.3) is 0 Å². The molecule has 0 aliphatic carbocycles. The van der Waals surface area contributed by atoms with Crippen molar-refractivity contribution in [2.75, 3.05) is 13.7 Å². The first kappa shape index (κ1) is 15.5. The molecule has 0 spiro atoms. The Kier molecular flexibility index (Phi) is 5.36. The zero-order valence-corrected chi connectivity index (χ0v) is 12.1. The second-order valence-electron chi connectivity index (χ2n) is 4.82. The maximum atomic E-state index is 12.2. The number of rotatable bonds is 6. The first-order valence-electron chi connectivity index (χ1n) is 6.61. The Balaban J connectivity index is 2.81. The van der Waals surface area contributed by atoms with Gasteiger partial charge in [0, 0.05) is 6.54 Å². The monoisotopic (exact) mass is 265 g/mol. The third-order valence-corrected chi connectivity index (χ3v) is 3.49. The highest BCUT2D eigenvalue weighted by atomic mass is 16.5. The minimum Gasteiger partial charge on any atom is -0.496 e. The Morgan fingerprint density at radius 3 is 2.53 bits per heavy atom. The van der Waals surface area contributed by atoms with E-state index >= 15 is 0 Å². The number of carbonyl (C=O) groups is 1. The molecule has 4 nitrogen and oxygen atoms in total. The number of methoxy groups -OCH3 is 1. The van der Waals surface area contributed by atoms with Crippen molar-refractivity contribution >= 4 is 5.91 Å². The number of aliphatic hydroxyl groups is 1. The molecule has 0 aliphatic heterocycles. The molecule has 0 saturated carbocycles. The summed E-state index contributed by atoms with van der Waals surface area (Å²) >= 11 is 0. The lowest BCUT2D eigenvalue weighted by molar-refractivity contribution is 0.0313. The molecule has 0 fully saturated rings. The van der Waals surface area contributed by atoms with Crippen molar-refractivity contribution in [1.82, 2.24) is 5.32 Å². The molecule has 1 amide bonds. The summed E-state index contributed by atoms with van der Waals surface area (Å²) in [5, 5.41) is 12.9. The van der Waals surface area contributed by atoms with Gasteiger partial charge in [-0.15, -0.1) is 0 Å². The Hall–Kier alpha value is -1.55. The van der Waals surface area contributed by atoms with Gasteiger partial charge in [-0.3, -0.25) is 4.79 Å². The standard InChI is InChI=1S/C15H23NO3/c1-5-15(18,6-2)10-16-14(17)12-9-11(3)7-8-13(12)19-4/h7-9,18H,5-6,10H2,1-4H3,(H,16,17). The van der Waals surface area contributed by atoms with Gasteiger partial charge in [0.2, 0.25) is 0 Å². The second-order valence-corrected chi connectivity index (χ2v) is 4.82. The molecule has 0 bridgehead atoms. The number of hydrogen-bond donors (Lipinski definition) is 2. The predicted molar refractivity (Wildman–Crippen MR) is 75.6 cm³/mol. The highest BCUT2D eigenvalue weighted by Crippen LogP contribution is 2.20. The van der Waals surface area contributed by atoms with E-state index in [2.05, 4.69) is 5.32 Å². The smallest absolute Gasteiger partial charge is 0.255 e. The number of aryl methyl sites for hydroxylation is 1. The summed E-state index contributed by atoms with van der Waals surface area (Å²) in [4.78, 5) is 12.2. The van der Waals surface area contributed by atoms with Gasteiger partial charge in [0.15, 0.2) is 0 Å². The van der Waals surface area contributed by atoms with Gasteiger partial charge < -0.3 is 15.2 Å². The summed E-state index contributed by atoms with van der Waals surface area (Å²) in [6.45, 7) is 5.98. The molecule has 1 rings (SSSR count). The summed E-state index contributed by atoms with van der Waals surface area (Å²) in [7, 11) is 1.54. The molecular weight excluding hydrogens is 242 g/mol. The predicted octanol–water partition coefficient (Wildman–Crippen LogP) is 2.28. The fraction of sp³-hybridized carbons (Fsp3) is 0.533. The van der Waals surface area contributed by atoms with Crippen molar-refractivity contribution in [3.8, 4) is 5.75 Å². The fourth-order valence-electron chi connectivity index (χ4n) is 1.84. The van der Waals surface area contributed by atoms with E-state index < -0.39 is 5.60 Å². The number of hydrogen-bond acceptors (Lipinski definition) is 3. The van der Waals surface area contributed by atoms with Crippen LogP contribution in [0.4, 0.5) is 0 Å². The molecule has 1 aromatic rings. The van der Waals surface area contributed by atoms with Gasteiger partial charge in [0.25, 0.3) is 5.91 Å². The van der Waals surface area contributed by atoms with Crippen LogP contribution in [0.5, 0.6) is 5.75 Å². The van der Waals surface area contributed by atoms with Crippen LogP contribution >= 0.6 is 0 Å². The molecule has 0 aromatic heterocycles. The van der Waals surface area contributed by atoms with Gasteiger partial charge in [0.05, 0.1) is 18.3 Å². The first-order valence-corrected chi connectivity index (χ1v) is 6.61. The SMILES string of the molecule is CCC(O)(CC)CNC(=O)c1cc(C)ccc1OC. The topological polar surface area (TPSA) is 58.6 Å². The van der Waals surface area contributed by atoms with Gasteiger partial charge in [0.1, 0.15) is 5.75 Å². The van der Waals surface area contributed by atoms with Crippen molar-refractivity contribution in [2.45, 2.75) is 39.2 Å². The van der Waals surface area contributed by atoms with Gasteiger partial charge in [-0.05, 0) is 31.9 Å². The number of benzene rings is 1. The maximum Gasteiger partial charge on any atom is 0.255 e. The van der Waals surface area contributed by atoms with Crippen molar-refractivity contribution in [3.05, 3.63) is 29.3 Å². The normalized spacial score (nSPS) is 11.2. The summed E-state index contributed by atoms with van der Waals surface area (Å²) < 4.78 is 5.18. The highest BCUT2D eigenvalue weighted by molar-refractivity contribution is 5.97. The van der Waals surface area contributed by atoms with Crippen molar-refractivity contribution < 1.29 is 14.6 Å². The fourth-order valence-corrected chi connectivity index (χ4v) is 1.84. The lowest BCUT2D eigenvalue weighted by Crippen LogP contribution is -2.42. The molecule has 4 heteroatoms. The van der Waals surface area contributed by atoms with E-state index in [1.807, 2.05) is 26.8 Å². The number of carbonyl (C=O) groups excluding carboxylic acids is 1. The lowest BCUT2D eigenvalue weighted by atomic mass is 9.97. The molecule has 0 heterocycles. The molecule has 0 saturated heterocycles. The average molecular weight is 265 g/mol. The van der Waals surface area contributed by atoms with E-state index in [1.54, 1.807) is 12.1 Å². The molecule has 0 atom stereocenters. The van der Waals surface area contributed by atoms with Crippen molar-refractivity contribution in [3.63, 3.8) is 0 Å². The summed E-state index contributed by atoms with van der Waals surface area (Å²) in [6.07, 6.45) is 1.21. The van der Waals surface area contributed by atoms with E-state index in [0.29, 0.717) is 24.2 Å². The van der Waals surface area contributed by atoms with Crippen LogP contribution in [-0.4, -0.2) is 30.3 Å². The largest absolute Gasteiger partial charge is 0.496 e. The lowest BCUT2D eigenvalue weighted by Gasteiger charge is -2.25. The van der Waals surface area contributed by atoms with E-state index in [9.17, 15) is 9.90 Å². The van der Waals surface area contributed by atoms with E-state index in [1.165, 1.54) is 7.11 Å². The maximum absolute atomic E-state index is 12.2.